The lowest BCUT2D eigenvalue weighted by molar-refractivity contribution is 0.0672. The van der Waals surface area contributed by atoms with Crippen LogP contribution in [0.3, 0.4) is 0 Å². The maximum absolute atomic E-state index is 10.3. The van der Waals surface area contributed by atoms with Gasteiger partial charge in [0, 0.05) is 26.7 Å². The molecule has 158 valence electrons. The van der Waals surface area contributed by atoms with Gasteiger partial charge < -0.3 is 19.9 Å². The minimum Gasteiger partial charge on any atom is -0.393 e. The molecular formula is C22H34N6O. The predicted molar refractivity (Wildman–Crippen MR) is 115 cm³/mol. The number of nitrogens with zero attached hydrogens (tertiary/aromatic N) is 5. The van der Waals surface area contributed by atoms with Crippen LogP contribution in [0.1, 0.15) is 57.8 Å². The van der Waals surface area contributed by atoms with Gasteiger partial charge in [0.25, 0.3) is 0 Å². The van der Waals surface area contributed by atoms with Gasteiger partial charge in [-0.15, -0.1) is 0 Å². The molecule has 3 aliphatic rings. The summed E-state index contributed by atoms with van der Waals surface area (Å²) in [6.45, 7) is 2.94. The van der Waals surface area contributed by atoms with E-state index in [4.69, 9.17) is 9.97 Å². The fraction of sp³-hybridized carbons (Fsp3) is 0.773. The number of aryl methyl sites for hydroxylation is 1. The second-order valence-electron chi connectivity index (χ2n) is 9.51. The number of hydrogen-bond acceptors (Lipinski definition) is 6. The maximum atomic E-state index is 10.3. The summed E-state index contributed by atoms with van der Waals surface area (Å²) in [6, 6.07) is 0. The molecule has 0 amide bonds. The van der Waals surface area contributed by atoms with Crippen LogP contribution in [0.15, 0.2) is 6.33 Å². The van der Waals surface area contributed by atoms with Crippen LogP contribution < -0.4 is 10.2 Å². The largest absolute Gasteiger partial charge is 0.393 e. The van der Waals surface area contributed by atoms with Gasteiger partial charge in [0.2, 0.25) is 5.95 Å². The number of hydrogen-bond donors (Lipinski definition) is 2. The van der Waals surface area contributed by atoms with E-state index in [-0.39, 0.29) is 6.10 Å². The summed E-state index contributed by atoms with van der Waals surface area (Å²) in [5, 5.41) is 13.8. The number of aliphatic hydroxyl groups is 1. The molecule has 2 aliphatic carbocycles. The van der Waals surface area contributed by atoms with Gasteiger partial charge in [-0.05, 0) is 56.3 Å². The molecule has 4 atom stereocenters. The lowest BCUT2D eigenvalue weighted by Gasteiger charge is -2.28. The van der Waals surface area contributed by atoms with Crippen molar-refractivity contribution < 1.29 is 5.11 Å². The molecule has 1 aliphatic heterocycles. The molecule has 29 heavy (non-hydrogen) atoms. The summed E-state index contributed by atoms with van der Waals surface area (Å²) in [6.07, 6.45) is 12.5. The zero-order valence-electron chi connectivity index (χ0n) is 17.6. The van der Waals surface area contributed by atoms with Gasteiger partial charge in [0.1, 0.15) is 5.52 Å². The lowest BCUT2D eigenvalue weighted by Crippen LogP contribution is -2.31. The number of fused-ring (bicyclic) bond motifs is 3. The Morgan fingerprint density at radius 3 is 2.86 bits per heavy atom. The van der Waals surface area contributed by atoms with E-state index in [0.717, 1.165) is 80.1 Å². The molecule has 2 saturated carbocycles. The van der Waals surface area contributed by atoms with Crippen LogP contribution in [0.5, 0.6) is 0 Å². The molecule has 3 fully saturated rings. The molecule has 2 unspecified atom stereocenters. The summed E-state index contributed by atoms with van der Waals surface area (Å²) < 4.78 is 2.00. The van der Waals surface area contributed by atoms with Crippen molar-refractivity contribution >= 4 is 22.9 Å². The highest BCUT2D eigenvalue weighted by Crippen LogP contribution is 2.37. The number of aliphatic hydroxyl groups excluding tert-OH is 1. The molecule has 2 N–H and O–H groups in total. The normalized spacial score (nSPS) is 29.9. The second-order valence-corrected chi connectivity index (χ2v) is 9.51. The van der Waals surface area contributed by atoms with Crippen LogP contribution >= 0.6 is 0 Å². The zero-order valence-corrected chi connectivity index (χ0v) is 17.6. The van der Waals surface area contributed by atoms with Crippen molar-refractivity contribution in [3.63, 3.8) is 0 Å². The number of aromatic nitrogens is 4. The van der Waals surface area contributed by atoms with E-state index in [1.165, 1.54) is 32.1 Å². The van der Waals surface area contributed by atoms with Crippen LogP contribution in [0.4, 0.5) is 11.8 Å². The third-order valence-electron chi connectivity index (χ3n) is 7.45. The molecular weight excluding hydrogens is 364 g/mol. The molecule has 2 aromatic heterocycles. The van der Waals surface area contributed by atoms with E-state index in [2.05, 4.69) is 15.2 Å². The van der Waals surface area contributed by atoms with E-state index in [9.17, 15) is 5.11 Å². The summed E-state index contributed by atoms with van der Waals surface area (Å²) in [4.78, 5) is 16.7. The smallest absolute Gasteiger partial charge is 0.229 e. The highest BCUT2D eigenvalue weighted by Gasteiger charge is 2.31. The van der Waals surface area contributed by atoms with Crippen LogP contribution in [-0.2, 0) is 7.05 Å². The first kappa shape index (κ1) is 19.1. The third kappa shape index (κ3) is 3.93. The first-order chi connectivity index (χ1) is 14.2. The number of nitrogens with one attached hydrogen (secondary N) is 1. The summed E-state index contributed by atoms with van der Waals surface area (Å²) in [7, 11) is 2.00. The average molecular weight is 399 g/mol. The SMILES string of the molecule is Cn1cnc2nc(N3CCC4CCC(C4)C3)nc(NCC[C@@H]3CCCC[C@H]3O)c21. The molecule has 5 rings (SSSR count). The predicted octanol–water partition coefficient (Wildman–Crippen LogP) is 3.34. The number of anilines is 2. The molecule has 7 nitrogen and oxygen atoms in total. The Morgan fingerprint density at radius 2 is 1.97 bits per heavy atom. The standard InChI is InChI=1S/C22H34N6O/c1-27-14-24-21-19(27)20(23-10-8-17-4-2-3-5-18(17)29)25-22(26-21)28-11-9-15-6-7-16(12-15)13-28/h14-18,29H,2-13H2,1H3,(H,23,25,26)/t15?,16?,17-,18+/m0/s1. The van der Waals surface area contributed by atoms with Gasteiger partial charge in [0.15, 0.2) is 11.5 Å². The van der Waals surface area contributed by atoms with E-state index in [1.807, 2.05) is 17.9 Å². The lowest BCUT2D eigenvalue weighted by atomic mass is 9.84. The third-order valence-corrected chi connectivity index (χ3v) is 7.45. The van der Waals surface area contributed by atoms with Gasteiger partial charge in [-0.25, -0.2) is 4.98 Å². The van der Waals surface area contributed by atoms with Crippen LogP contribution in [0.2, 0.25) is 0 Å². The van der Waals surface area contributed by atoms with E-state index < -0.39 is 0 Å². The van der Waals surface area contributed by atoms with Crippen molar-refractivity contribution in [1.29, 1.82) is 0 Å². The molecule has 2 aromatic rings. The van der Waals surface area contributed by atoms with Crippen molar-refractivity contribution in [1.82, 2.24) is 19.5 Å². The first-order valence-corrected chi connectivity index (χ1v) is 11.5. The van der Waals surface area contributed by atoms with Crippen LogP contribution in [0.25, 0.3) is 11.2 Å². The Morgan fingerprint density at radius 1 is 1.10 bits per heavy atom. The van der Waals surface area contributed by atoms with Gasteiger partial charge in [-0.3, -0.25) is 0 Å². The van der Waals surface area contributed by atoms with Crippen molar-refractivity contribution in [2.24, 2.45) is 24.8 Å². The summed E-state index contributed by atoms with van der Waals surface area (Å²) in [5.41, 5.74) is 1.74. The highest BCUT2D eigenvalue weighted by molar-refractivity contribution is 5.84. The molecule has 7 heteroatoms. The van der Waals surface area contributed by atoms with Crippen molar-refractivity contribution in [2.45, 2.75) is 63.9 Å². The maximum Gasteiger partial charge on any atom is 0.229 e. The average Bonchev–Trinajstić information content (AvgIpc) is 3.25. The Kier molecular flexibility index (Phi) is 5.33. The van der Waals surface area contributed by atoms with Gasteiger partial charge >= 0.3 is 0 Å². The second kappa shape index (κ2) is 8.09. The molecule has 1 saturated heterocycles. The molecule has 2 bridgehead atoms. The molecule has 0 spiro atoms. The molecule has 0 radical (unpaired) electrons. The topological polar surface area (TPSA) is 79.1 Å². The monoisotopic (exact) mass is 398 g/mol. The van der Waals surface area contributed by atoms with E-state index >= 15 is 0 Å². The fourth-order valence-corrected chi connectivity index (χ4v) is 5.74. The Labute approximate surface area is 172 Å². The van der Waals surface area contributed by atoms with Crippen molar-refractivity contribution in [3.8, 4) is 0 Å². The van der Waals surface area contributed by atoms with E-state index in [0.29, 0.717) is 5.92 Å². The number of imidazole rings is 1. The minimum absolute atomic E-state index is 0.143. The van der Waals surface area contributed by atoms with Crippen LogP contribution in [-0.4, -0.2) is 50.4 Å². The van der Waals surface area contributed by atoms with Gasteiger partial charge in [-0.1, -0.05) is 19.3 Å². The van der Waals surface area contributed by atoms with Gasteiger partial charge in [0.05, 0.1) is 12.4 Å². The minimum atomic E-state index is -0.143. The van der Waals surface area contributed by atoms with Crippen molar-refractivity contribution in [3.05, 3.63) is 6.33 Å². The first-order valence-electron chi connectivity index (χ1n) is 11.5. The Hall–Kier alpha value is -1.89. The molecule has 3 heterocycles. The summed E-state index contributed by atoms with van der Waals surface area (Å²) in [5.74, 6) is 3.78. The van der Waals surface area contributed by atoms with Gasteiger partial charge in [-0.2, -0.15) is 9.97 Å². The quantitative estimate of drug-likeness (QED) is 0.804. The number of rotatable bonds is 5. The zero-order chi connectivity index (χ0) is 19.8. The molecule has 0 aromatic carbocycles. The Bertz CT molecular complexity index is 851. The Balaban J connectivity index is 1.35. The van der Waals surface area contributed by atoms with E-state index in [1.54, 1.807) is 0 Å². The highest BCUT2D eigenvalue weighted by atomic mass is 16.3. The van der Waals surface area contributed by atoms with Crippen LogP contribution in [0, 0.1) is 17.8 Å². The summed E-state index contributed by atoms with van der Waals surface area (Å²) >= 11 is 0. The fourth-order valence-electron chi connectivity index (χ4n) is 5.74. The van der Waals surface area contributed by atoms with Crippen molar-refractivity contribution in [2.75, 3.05) is 29.9 Å².